The number of hydrogen-bond acceptors (Lipinski definition) is 2. The lowest BCUT2D eigenvalue weighted by molar-refractivity contribution is 1.29. The fourth-order valence-corrected chi connectivity index (χ4v) is 0.919. The average Bonchev–Trinajstić information content (AvgIpc) is 1.93. The van der Waals surface area contributed by atoms with E-state index in [1.807, 2.05) is 0 Å². The first-order valence-electron chi connectivity index (χ1n) is 2.69. The van der Waals surface area contributed by atoms with Gasteiger partial charge in [-0.25, -0.2) is 4.98 Å². The maximum Gasteiger partial charge on any atom is 0.142 e. The number of halogens is 2. The van der Waals surface area contributed by atoms with Crippen LogP contribution in [0.15, 0.2) is 6.20 Å². The number of nitrogens with two attached hydrogens (primary N) is 1. The molecule has 0 spiro atoms. The molecule has 0 saturated carbocycles. The number of anilines is 1. The Morgan fingerprint density at radius 1 is 1.50 bits per heavy atom. The first-order valence-corrected chi connectivity index (χ1v) is 3.44. The van der Waals surface area contributed by atoms with Gasteiger partial charge in [-0.3, -0.25) is 0 Å². The second kappa shape index (κ2) is 2.64. The molecule has 1 heterocycles. The van der Waals surface area contributed by atoms with Crippen molar-refractivity contribution in [3.63, 3.8) is 0 Å². The van der Waals surface area contributed by atoms with E-state index >= 15 is 0 Å². The van der Waals surface area contributed by atoms with Crippen LogP contribution in [0.2, 0.25) is 10.0 Å². The van der Waals surface area contributed by atoms with E-state index in [4.69, 9.17) is 28.9 Å². The van der Waals surface area contributed by atoms with Gasteiger partial charge in [-0.05, 0) is 12.5 Å². The van der Waals surface area contributed by atoms with Crippen LogP contribution < -0.4 is 5.73 Å². The summed E-state index contributed by atoms with van der Waals surface area (Å²) < 4.78 is 0. The number of rotatable bonds is 0. The van der Waals surface area contributed by atoms with Crippen molar-refractivity contribution in [3.05, 3.63) is 21.8 Å². The molecule has 0 atom stereocenters. The Morgan fingerprint density at radius 2 is 2.10 bits per heavy atom. The van der Waals surface area contributed by atoms with E-state index in [1.165, 1.54) is 6.20 Å². The number of aromatic nitrogens is 1. The highest BCUT2D eigenvalue weighted by atomic mass is 35.5. The molecule has 0 radical (unpaired) electrons. The summed E-state index contributed by atoms with van der Waals surface area (Å²) in [7, 11) is 0. The lowest BCUT2D eigenvalue weighted by Crippen LogP contribution is -1.92. The second-order valence-electron chi connectivity index (χ2n) is 1.93. The van der Waals surface area contributed by atoms with Crippen molar-refractivity contribution in [3.8, 4) is 0 Å². The van der Waals surface area contributed by atoms with Gasteiger partial charge < -0.3 is 5.73 Å². The summed E-state index contributed by atoms with van der Waals surface area (Å²) >= 11 is 11.4. The Bertz CT molecular complexity index is 233. The topological polar surface area (TPSA) is 38.9 Å². The summed E-state index contributed by atoms with van der Waals surface area (Å²) in [6.07, 6.45) is 1.48. The first kappa shape index (κ1) is 7.63. The van der Waals surface area contributed by atoms with E-state index in [-0.39, 0.29) is 0 Å². The summed E-state index contributed by atoms with van der Waals surface area (Å²) in [4.78, 5) is 3.75. The molecule has 1 aromatic rings. The molecule has 0 aliphatic rings. The van der Waals surface area contributed by atoms with Crippen LogP contribution in [0.1, 0.15) is 5.56 Å². The highest BCUT2D eigenvalue weighted by molar-refractivity contribution is 6.37. The number of pyridine rings is 1. The molecule has 0 fully saturated rings. The van der Waals surface area contributed by atoms with Gasteiger partial charge in [0.25, 0.3) is 0 Å². The normalized spacial score (nSPS) is 9.90. The minimum atomic E-state index is 0.323. The molecule has 0 unspecified atom stereocenters. The van der Waals surface area contributed by atoms with Crippen LogP contribution in [-0.4, -0.2) is 4.98 Å². The molecule has 2 nitrogen and oxygen atoms in total. The van der Waals surface area contributed by atoms with Crippen LogP contribution in [0.25, 0.3) is 0 Å². The zero-order chi connectivity index (χ0) is 7.72. The summed E-state index contributed by atoms with van der Waals surface area (Å²) in [6, 6.07) is 0. The molecule has 0 amide bonds. The van der Waals surface area contributed by atoms with E-state index in [0.29, 0.717) is 15.9 Å². The Labute approximate surface area is 69.0 Å². The van der Waals surface area contributed by atoms with E-state index in [2.05, 4.69) is 4.98 Å². The largest absolute Gasteiger partial charge is 0.382 e. The Hall–Kier alpha value is -0.470. The molecule has 0 aliphatic carbocycles. The second-order valence-corrected chi connectivity index (χ2v) is 2.72. The fourth-order valence-electron chi connectivity index (χ4n) is 0.577. The highest BCUT2D eigenvalue weighted by Crippen LogP contribution is 2.26. The zero-order valence-electron chi connectivity index (χ0n) is 5.36. The smallest absolute Gasteiger partial charge is 0.142 e. The van der Waals surface area contributed by atoms with Gasteiger partial charge in [0, 0.05) is 6.20 Å². The van der Waals surface area contributed by atoms with Crippen LogP contribution in [0.3, 0.4) is 0 Å². The van der Waals surface area contributed by atoms with Crippen molar-refractivity contribution in [2.24, 2.45) is 0 Å². The van der Waals surface area contributed by atoms with Crippen LogP contribution in [0.4, 0.5) is 5.82 Å². The summed E-state index contributed by atoms with van der Waals surface area (Å²) in [5.74, 6) is 0.323. The lowest BCUT2D eigenvalue weighted by atomic mass is 10.3. The standard InChI is InChI=1S/C6H6Cl2N2/c1-3-4(7)2-10-6(9)5(3)8/h2H,1H3,(H2,9,10). The van der Waals surface area contributed by atoms with Crippen molar-refractivity contribution in [2.45, 2.75) is 6.92 Å². The van der Waals surface area contributed by atoms with Gasteiger partial charge in [0.2, 0.25) is 0 Å². The summed E-state index contributed by atoms with van der Waals surface area (Å²) in [5.41, 5.74) is 6.16. The minimum absolute atomic E-state index is 0.323. The molecule has 0 aromatic carbocycles. The molecule has 10 heavy (non-hydrogen) atoms. The monoisotopic (exact) mass is 176 g/mol. The van der Waals surface area contributed by atoms with Crippen molar-refractivity contribution < 1.29 is 0 Å². The third-order valence-corrected chi connectivity index (χ3v) is 2.09. The quantitative estimate of drug-likeness (QED) is 0.660. The molecular formula is C6H6Cl2N2. The average molecular weight is 177 g/mol. The Balaban J connectivity index is 3.34. The number of nitrogens with zero attached hydrogens (tertiary/aromatic N) is 1. The van der Waals surface area contributed by atoms with Crippen molar-refractivity contribution in [1.29, 1.82) is 0 Å². The van der Waals surface area contributed by atoms with Gasteiger partial charge in [-0.1, -0.05) is 23.2 Å². The molecule has 4 heteroatoms. The van der Waals surface area contributed by atoms with Crippen molar-refractivity contribution in [2.75, 3.05) is 5.73 Å². The van der Waals surface area contributed by atoms with Crippen molar-refractivity contribution in [1.82, 2.24) is 4.98 Å². The molecule has 2 N–H and O–H groups in total. The van der Waals surface area contributed by atoms with Gasteiger partial charge in [0.05, 0.1) is 10.0 Å². The third-order valence-electron chi connectivity index (χ3n) is 1.23. The van der Waals surface area contributed by atoms with Gasteiger partial charge in [-0.2, -0.15) is 0 Å². The summed E-state index contributed by atoms with van der Waals surface area (Å²) in [5, 5.41) is 0.978. The lowest BCUT2D eigenvalue weighted by Gasteiger charge is -2.01. The van der Waals surface area contributed by atoms with E-state index in [1.54, 1.807) is 6.92 Å². The molecule has 54 valence electrons. The van der Waals surface area contributed by atoms with Crippen LogP contribution in [0, 0.1) is 6.92 Å². The van der Waals surface area contributed by atoms with Gasteiger partial charge in [0.15, 0.2) is 0 Å². The highest BCUT2D eigenvalue weighted by Gasteiger charge is 2.03. The molecule has 0 saturated heterocycles. The Morgan fingerprint density at radius 3 is 2.60 bits per heavy atom. The van der Waals surface area contributed by atoms with Crippen LogP contribution in [0.5, 0.6) is 0 Å². The zero-order valence-corrected chi connectivity index (χ0v) is 6.87. The Kier molecular flexibility index (Phi) is 2.02. The minimum Gasteiger partial charge on any atom is -0.382 e. The van der Waals surface area contributed by atoms with Gasteiger partial charge in [0.1, 0.15) is 5.82 Å². The molecule has 0 bridgehead atoms. The maximum atomic E-state index is 5.71. The molecule has 1 rings (SSSR count). The molecular weight excluding hydrogens is 171 g/mol. The third kappa shape index (κ3) is 1.18. The molecule has 0 aliphatic heterocycles. The van der Waals surface area contributed by atoms with Crippen molar-refractivity contribution >= 4 is 29.0 Å². The maximum absolute atomic E-state index is 5.71. The van der Waals surface area contributed by atoms with E-state index < -0.39 is 0 Å². The predicted octanol–water partition coefficient (Wildman–Crippen LogP) is 2.28. The number of nitrogen functional groups attached to an aromatic ring is 1. The van der Waals surface area contributed by atoms with Crippen LogP contribution in [-0.2, 0) is 0 Å². The fraction of sp³-hybridized carbons (Fsp3) is 0.167. The van der Waals surface area contributed by atoms with E-state index in [0.717, 1.165) is 5.56 Å². The van der Waals surface area contributed by atoms with Gasteiger partial charge in [-0.15, -0.1) is 0 Å². The number of hydrogen-bond donors (Lipinski definition) is 1. The first-order chi connectivity index (χ1) is 4.63. The van der Waals surface area contributed by atoms with E-state index in [9.17, 15) is 0 Å². The summed E-state index contributed by atoms with van der Waals surface area (Å²) in [6.45, 7) is 1.79. The predicted molar refractivity (Wildman–Crippen MR) is 43.4 cm³/mol. The molecule has 1 aromatic heterocycles. The SMILES string of the molecule is Cc1c(Cl)cnc(N)c1Cl. The van der Waals surface area contributed by atoms with Gasteiger partial charge >= 0.3 is 0 Å². The van der Waals surface area contributed by atoms with Crippen LogP contribution >= 0.6 is 23.2 Å².